The van der Waals surface area contributed by atoms with Gasteiger partial charge in [0.25, 0.3) is 0 Å². The van der Waals surface area contributed by atoms with E-state index < -0.39 is 6.17 Å². The third kappa shape index (κ3) is 1.75. The topological polar surface area (TPSA) is 27.0 Å². The van der Waals surface area contributed by atoms with Crippen LogP contribution in [0.15, 0.2) is 0 Å². The lowest BCUT2D eigenvalue weighted by Crippen LogP contribution is -2.44. The minimum atomic E-state index is -0.825. The summed E-state index contributed by atoms with van der Waals surface area (Å²) in [5.74, 6) is 0. The van der Waals surface area contributed by atoms with Gasteiger partial charge < -0.3 is 0 Å². The second-order valence-electron chi connectivity index (χ2n) is 4.30. The molecular weight excluding hydrogens is 155 g/mol. The summed E-state index contributed by atoms with van der Waals surface area (Å²) in [5.41, 5.74) is -0.0960. The first-order valence-corrected chi connectivity index (χ1v) is 4.25. The molecule has 0 N–H and O–H groups in total. The highest BCUT2D eigenvalue weighted by Crippen LogP contribution is 2.27. The van der Waals surface area contributed by atoms with Gasteiger partial charge in [0, 0.05) is 18.5 Å². The Balaban J connectivity index is 2.72. The van der Waals surface area contributed by atoms with Gasteiger partial charge in [-0.3, -0.25) is 4.90 Å². The van der Waals surface area contributed by atoms with Crippen LogP contribution < -0.4 is 0 Å². The molecule has 1 heterocycles. The Morgan fingerprint density at radius 1 is 1.50 bits per heavy atom. The van der Waals surface area contributed by atoms with Gasteiger partial charge in [0.2, 0.25) is 0 Å². The van der Waals surface area contributed by atoms with Crippen LogP contribution in [0.5, 0.6) is 0 Å². The first-order valence-electron chi connectivity index (χ1n) is 4.25. The van der Waals surface area contributed by atoms with E-state index in [0.29, 0.717) is 13.0 Å². The zero-order valence-electron chi connectivity index (χ0n) is 7.84. The molecule has 0 aromatic carbocycles. The van der Waals surface area contributed by atoms with Crippen molar-refractivity contribution in [2.75, 3.05) is 6.54 Å². The molecule has 0 saturated carbocycles. The van der Waals surface area contributed by atoms with Crippen LogP contribution in [0, 0.1) is 11.3 Å². The number of alkyl halides is 1. The summed E-state index contributed by atoms with van der Waals surface area (Å²) < 4.78 is 12.9. The molecule has 12 heavy (non-hydrogen) atoms. The highest BCUT2D eigenvalue weighted by Gasteiger charge is 2.38. The number of halogens is 1. The molecule has 0 radical (unpaired) electrons. The van der Waals surface area contributed by atoms with Crippen LogP contribution in [0.3, 0.4) is 0 Å². The van der Waals surface area contributed by atoms with Crippen molar-refractivity contribution in [2.24, 2.45) is 0 Å². The Kier molecular flexibility index (Phi) is 2.39. The summed E-state index contributed by atoms with van der Waals surface area (Å²) in [6, 6.07) is 1.90. The van der Waals surface area contributed by atoms with E-state index in [-0.39, 0.29) is 11.6 Å². The molecule has 3 heteroatoms. The number of rotatable bonds is 0. The number of hydrogen-bond donors (Lipinski definition) is 0. The van der Waals surface area contributed by atoms with E-state index in [1.807, 2.05) is 25.7 Å². The summed E-state index contributed by atoms with van der Waals surface area (Å²) in [6.45, 7) is 6.43. The van der Waals surface area contributed by atoms with Crippen molar-refractivity contribution in [1.29, 1.82) is 5.26 Å². The largest absolute Gasteiger partial charge is 0.280 e. The van der Waals surface area contributed by atoms with Gasteiger partial charge in [0.05, 0.1) is 6.07 Å². The Labute approximate surface area is 73.0 Å². The highest BCUT2D eigenvalue weighted by atomic mass is 19.1. The fourth-order valence-corrected chi connectivity index (χ4v) is 1.65. The standard InChI is InChI=1S/C9H15FN2/c1-9(2,3)12-6-7(10)4-8(12)5-11/h7-8H,4,6H2,1-3H3. The molecule has 0 aromatic rings. The summed E-state index contributed by atoms with van der Waals surface area (Å²) >= 11 is 0. The van der Waals surface area contributed by atoms with Gasteiger partial charge in [-0.25, -0.2) is 4.39 Å². The first kappa shape index (κ1) is 9.47. The van der Waals surface area contributed by atoms with Gasteiger partial charge in [0.15, 0.2) is 0 Å². The van der Waals surface area contributed by atoms with E-state index >= 15 is 0 Å². The Morgan fingerprint density at radius 3 is 2.42 bits per heavy atom. The molecule has 0 spiro atoms. The van der Waals surface area contributed by atoms with Crippen LogP contribution in [0.2, 0.25) is 0 Å². The van der Waals surface area contributed by atoms with Crippen molar-refractivity contribution in [3.8, 4) is 6.07 Å². The second-order valence-corrected chi connectivity index (χ2v) is 4.30. The lowest BCUT2D eigenvalue weighted by atomic mass is 10.1. The predicted octanol–water partition coefficient (Wildman–Crippen LogP) is 1.72. The van der Waals surface area contributed by atoms with E-state index in [4.69, 9.17) is 5.26 Å². The maximum atomic E-state index is 12.9. The van der Waals surface area contributed by atoms with Crippen molar-refractivity contribution >= 4 is 0 Å². The van der Waals surface area contributed by atoms with Gasteiger partial charge in [-0.1, -0.05) is 0 Å². The van der Waals surface area contributed by atoms with E-state index in [1.165, 1.54) is 0 Å². The SMILES string of the molecule is CC(C)(C)N1CC(F)CC1C#N. The molecule has 0 bridgehead atoms. The van der Waals surface area contributed by atoms with Crippen LogP contribution in [-0.4, -0.2) is 29.2 Å². The van der Waals surface area contributed by atoms with Crippen LogP contribution in [-0.2, 0) is 0 Å². The molecule has 0 aliphatic carbocycles. The quantitative estimate of drug-likeness (QED) is 0.553. The summed E-state index contributed by atoms with van der Waals surface area (Å²) in [4.78, 5) is 1.93. The minimum Gasteiger partial charge on any atom is -0.280 e. The summed E-state index contributed by atoms with van der Waals surface area (Å²) in [7, 11) is 0. The first-order chi connectivity index (χ1) is 5.45. The lowest BCUT2D eigenvalue weighted by Gasteiger charge is -2.33. The van der Waals surface area contributed by atoms with Crippen molar-refractivity contribution in [1.82, 2.24) is 4.90 Å². The number of nitriles is 1. The molecule has 1 aliphatic heterocycles. The van der Waals surface area contributed by atoms with Crippen molar-refractivity contribution in [2.45, 2.75) is 44.9 Å². The molecule has 2 nitrogen and oxygen atoms in total. The van der Waals surface area contributed by atoms with Gasteiger partial charge >= 0.3 is 0 Å². The highest BCUT2D eigenvalue weighted by molar-refractivity contribution is 5.03. The predicted molar refractivity (Wildman–Crippen MR) is 45.4 cm³/mol. The molecule has 1 aliphatic rings. The molecule has 0 aromatic heterocycles. The molecule has 1 fully saturated rings. The lowest BCUT2D eigenvalue weighted by molar-refractivity contribution is 0.138. The van der Waals surface area contributed by atoms with Crippen molar-refractivity contribution < 1.29 is 4.39 Å². The molecule has 1 rings (SSSR count). The van der Waals surface area contributed by atoms with Gasteiger partial charge in [0.1, 0.15) is 12.2 Å². The average Bonchev–Trinajstić information content (AvgIpc) is 2.29. The van der Waals surface area contributed by atoms with Crippen LogP contribution in [0.25, 0.3) is 0 Å². The number of nitrogens with zero attached hydrogens (tertiary/aromatic N) is 2. The summed E-state index contributed by atoms with van der Waals surface area (Å²) in [5, 5.41) is 8.76. The monoisotopic (exact) mass is 170 g/mol. The zero-order valence-corrected chi connectivity index (χ0v) is 7.84. The molecule has 2 unspecified atom stereocenters. The molecule has 1 saturated heterocycles. The van der Waals surface area contributed by atoms with Gasteiger partial charge in [-0.2, -0.15) is 5.26 Å². The molecular formula is C9H15FN2. The normalized spacial score (nSPS) is 31.9. The summed E-state index contributed by atoms with van der Waals surface area (Å²) in [6.07, 6.45) is -0.456. The number of hydrogen-bond acceptors (Lipinski definition) is 2. The van der Waals surface area contributed by atoms with Gasteiger partial charge in [-0.15, -0.1) is 0 Å². The van der Waals surface area contributed by atoms with E-state index in [9.17, 15) is 4.39 Å². The third-order valence-electron chi connectivity index (χ3n) is 2.26. The maximum absolute atomic E-state index is 12.9. The van der Waals surface area contributed by atoms with Crippen molar-refractivity contribution in [3.63, 3.8) is 0 Å². The maximum Gasteiger partial charge on any atom is 0.115 e. The fourth-order valence-electron chi connectivity index (χ4n) is 1.65. The zero-order chi connectivity index (χ0) is 9.35. The third-order valence-corrected chi connectivity index (χ3v) is 2.26. The van der Waals surface area contributed by atoms with Crippen LogP contribution >= 0.6 is 0 Å². The minimum absolute atomic E-state index is 0.0960. The molecule has 0 amide bonds. The van der Waals surface area contributed by atoms with Crippen molar-refractivity contribution in [3.05, 3.63) is 0 Å². The van der Waals surface area contributed by atoms with E-state index in [1.54, 1.807) is 0 Å². The number of likely N-dealkylation sites (tertiary alicyclic amines) is 1. The average molecular weight is 170 g/mol. The second kappa shape index (κ2) is 3.02. The Bertz CT molecular complexity index is 202. The Morgan fingerprint density at radius 2 is 2.08 bits per heavy atom. The van der Waals surface area contributed by atoms with Crippen LogP contribution in [0.4, 0.5) is 4.39 Å². The van der Waals surface area contributed by atoms with Crippen LogP contribution in [0.1, 0.15) is 27.2 Å². The van der Waals surface area contributed by atoms with Gasteiger partial charge in [-0.05, 0) is 20.8 Å². The van der Waals surface area contributed by atoms with E-state index in [2.05, 4.69) is 6.07 Å². The van der Waals surface area contributed by atoms with E-state index in [0.717, 1.165) is 0 Å². The molecule has 68 valence electrons. The molecule has 2 atom stereocenters. The fraction of sp³-hybridized carbons (Fsp3) is 0.889. The smallest absolute Gasteiger partial charge is 0.115 e. The Hall–Kier alpha value is -0.620.